The molecule has 0 spiro atoms. The molecule has 0 aliphatic carbocycles. The number of carbonyl (C=O) groups is 1. The van der Waals surface area contributed by atoms with Crippen LogP contribution in [0.15, 0.2) is 24.3 Å². The second kappa shape index (κ2) is 16.3. The molecular weight excluding hydrogens is 360 g/mol. The van der Waals surface area contributed by atoms with Gasteiger partial charge in [-0.25, -0.2) is 0 Å². The van der Waals surface area contributed by atoms with E-state index in [1.54, 1.807) is 7.11 Å². The predicted octanol–water partition coefficient (Wildman–Crippen LogP) is 7.68. The molecule has 0 amide bonds. The number of hydrogen-bond donors (Lipinski definition) is 0. The lowest BCUT2D eigenvalue weighted by molar-refractivity contribution is -0.146. The molecular formula is C26H44O3. The van der Waals surface area contributed by atoms with E-state index in [2.05, 4.69) is 13.8 Å². The van der Waals surface area contributed by atoms with E-state index in [-0.39, 0.29) is 11.9 Å². The Morgan fingerprint density at radius 1 is 0.862 bits per heavy atom. The molecule has 0 heterocycles. The van der Waals surface area contributed by atoms with Gasteiger partial charge in [0.25, 0.3) is 0 Å². The molecule has 166 valence electrons. The summed E-state index contributed by atoms with van der Waals surface area (Å²) in [6.07, 6.45) is 15.3. The van der Waals surface area contributed by atoms with E-state index in [0.717, 1.165) is 11.3 Å². The zero-order valence-electron chi connectivity index (χ0n) is 19.4. The average Bonchev–Trinajstić information content (AvgIpc) is 2.75. The zero-order valence-corrected chi connectivity index (χ0v) is 19.4. The number of carbonyl (C=O) groups excluding carboxylic acids is 1. The van der Waals surface area contributed by atoms with Crippen molar-refractivity contribution in [2.75, 3.05) is 13.7 Å². The molecule has 1 rings (SSSR count). The SMILES string of the molecule is CCCCCCCCC(CCCCCC)COC(=O)C(C)c1ccccc1OC. The van der Waals surface area contributed by atoms with E-state index in [4.69, 9.17) is 9.47 Å². The van der Waals surface area contributed by atoms with Crippen LogP contribution in [0.4, 0.5) is 0 Å². The van der Waals surface area contributed by atoms with Crippen LogP contribution in [0.3, 0.4) is 0 Å². The van der Waals surface area contributed by atoms with Gasteiger partial charge < -0.3 is 9.47 Å². The maximum Gasteiger partial charge on any atom is 0.313 e. The second-order valence-corrected chi connectivity index (χ2v) is 8.37. The maximum atomic E-state index is 12.7. The van der Waals surface area contributed by atoms with E-state index in [9.17, 15) is 4.79 Å². The van der Waals surface area contributed by atoms with Crippen molar-refractivity contribution in [3.8, 4) is 5.75 Å². The van der Waals surface area contributed by atoms with Gasteiger partial charge in [-0.3, -0.25) is 4.79 Å². The zero-order chi connectivity index (χ0) is 21.3. The minimum atomic E-state index is -0.305. The van der Waals surface area contributed by atoms with Gasteiger partial charge in [-0.15, -0.1) is 0 Å². The fourth-order valence-electron chi connectivity index (χ4n) is 3.86. The van der Waals surface area contributed by atoms with Gasteiger partial charge in [0.05, 0.1) is 19.6 Å². The van der Waals surface area contributed by atoms with Gasteiger partial charge in [0, 0.05) is 5.56 Å². The molecule has 0 fully saturated rings. The smallest absolute Gasteiger partial charge is 0.313 e. The molecule has 29 heavy (non-hydrogen) atoms. The summed E-state index contributed by atoms with van der Waals surface area (Å²) in [6.45, 7) is 6.96. The number of unbranched alkanes of at least 4 members (excludes halogenated alkanes) is 8. The quantitative estimate of drug-likeness (QED) is 0.197. The van der Waals surface area contributed by atoms with Crippen LogP contribution < -0.4 is 4.74 Å². The molecule has 0 radical (unpaired) electrons. The first-order chi connectivity index (χ1) is 14.1. The van der Waals surface area contributed by atoms with E-state index >= 15 is 0 Å². The van der Waals surface area contributed by atoms with Gasteiger partial charge in [-0.2, -0.15) is 0 Å². The van der Waals surface area contributed by atoms with Crippen molar-refractivity contribution in [2.45, 2.75) is 104 Å². The Balaban J connectivity index is 2.49. The van der Waals surface area contributed by atoms with Crippen molar-refractivity contribution in [2.24, 2.45) is 5.92 Å². The highest BCUT2D eigenvalue weighted by molar-refractivity contribution is 5.78. The largest absolute Gasteiger partial charge is 0.496 e. The Labute approximate surface area is 179 Å². The van der Waals surface area contributed by atoms with Crippen molar-refractivity contribution in [3.63, 3.8) is 0 Å². The first-order valence-corrected chi connectivity index (χ1v) is 11.9. The van der Waals surface area contributed by atoms with Gasteiger partial charge in [0.15, 0.2) is 0 Å². The van der Waals surface area contributed by atoms with E-state index < -0.39 is 0 Å². The number of benzene rings is 1. The first kappa shape index (κ1) is 25.5. The van der Waals surface area contributed by atoms with E-state index in [1.165, 1.54) is 77.0 Å². The van der Waals surface area contributed by atoms with Gasteiger partial charge in [-0.05, 0) is 31.7 Å². The third kappa shape index (κ3) is 10.7. The lowest BCUT2D eigenvalue weighted by atomic mass is 9.94. The standard InChI is InChI=1S/C26H44O3/c1-5-7-9-11-12-14-18-23(17-13-10-8-6-2)21-29-26(27)22(3)24-19-15-16-20-25(24)28-4/h15-16,19-20,22-23H,5-14,17-18,21H2,1-4H3. The summed E-state index contributed by atoms with van der Waals surface area (Å²) in [7, 11) is 1.64. The Bertz CT molecular complexity index is 541. The fourth-order valence-corrected chi connectivity index (χ4v) is 3.86. The topological polar surface area (TPSA) is 35.5 Å². The third-order valence-electron chi connectivity index (χ3n) is 5.85. The number of rotatable bonds is 17. The minimum Gasteiger partial charge on any atom is -0.496 e. The molecule has 1 aromatic rings. The van der Waals surface area contributed by atoms with Crippen LogP contribution in [0, 0.1) is 5.92 Å². The molecule has 3 nitrogen and oxygen atoms in total. The molecule has 2 atom stereocenters. The summed E-state index contributed by atoms with van der Waals surface area (Å²) in [5.74, 6) is 0.795. The lowest BCUT2D eigenvalue weighted by Crippen LogP contribution is -2.19. The predicted molar refractivity (Wildman–Crippen MR) is 123 cm³/mol. The maximum absolute atomic E-state index is 12.7. The van der Waals surface area contributed by atoms with Crippen molar-refractivity contribution in [1.82, 2.24) is 0 Å². The van der Waals surface area contributed by atoms with Crippen molar-refractivity contribution < 1.29 is 14.3 Å². The van der Waals surface area contributed by atoms with Crippen LogP contribution in [0.25, 0.3) is 0 Å². The third-order valence-corrected chi connectivity index (χ3v) is 5.85. The number of methoxy groups -OCH3 is 1. The van der Waals surface area contributed by atoms with Crippen LogP contribution in [0.1, 0.15) is 109 Å². The molecule has 0 aliphatic rings. The molecule has 0 saturated heterocycles. The van der Waals surface area contributed by atoms with E-state index in [0.29, 0.717) is 12.5 Å². The molecule has 0 N–H and O–H groups in total. The molecule has 0 saturated carbocycles. The van der Waals surface area contributed by atoms with Crippen molar-refractivity contribution in [3.05, 3.63) is 29.8 Å². The monoisotopic (exact) mass is 404 g/mol. The Morgan fingerprint density at radius 2 is 1.41 bits per heavy atom. The lowest BCUT2D eigenvalue weighted by Gasteiger charge is -2.20. The summed E-state index contributed by atoms with van der Waals surface area (Å²) in [5.41, 5.74) is 0.899. The van der Waals surface area contributed by atoms with Gasteiger partial charge in [0.1, 0.15) is 5.75 Å². The number of para-hydroxylation sites is 1. The second-order valence-electron chi connectivity index (χ2n) is 8.37. The Kier molecular flexibility index (Phi) is 14.4. The van der Waals surface area contributed by atoms with Crippen LogP contribution in [0.2, 0.25) is 0 Å². The number of esters is 1. The molecule has 0 aliphatic heterocycles. The van der Waals surface area contributed by atoms with E-state index in [1.807, 2.05) is 31.2 Å². The molecule has 0 bridgehead atoms. The van der Waals surface area contributed by atoms with Crippen LogP contribution in [-0.4, -0.2) is 19.7 Å². The van der Waals surface area contributed by atoms with Crippen LogP contribution in [0.5, 0.6) is 5.75 Å². The molecule has 1 aromatic carbocycles. The van der Waals surface area contributed by atoms with Gasteiger partial charge in [-0.1, -0.05) is 96.3 Å². The summed E-state index contributed by atoms with van der Waals surface area (Å²) < 4.78 is 11.2. The highest BCUT2D eigenvalue weighted by atomic mass is 16.5. The summed E-state index contributed by atoms with van der Waals surface area (Å²) >= 11 is 0. The molecule has 0 aromatic heterocycles. The fraction of sp³-hybridized carbons (Fsp3) is 0.731. The molecule has 3 heteroatoms. The Hall–Kier alpha value is -1.51. The summed E-state index contributed by atoms with van der Waals surface area (Å²) in [6, 6.07) is 7.71. The van der Waals surface area contributed by atoms with Crippen LogP contribution in [-0.2, 0) is 9.53 Å². The highest BCUT2D eigenvalue weighted by Gasteiger charge is 2.21. The summed E-state index contributed by atoms with van der Waals surface area (Å²) in [5, 5.41) is 0. The average molecular weight is 405 g/mol. The number of ether oxygens (including phenoxy) is 2. The van der Waals surface area contributed by atoms with Crippen LogP contribution >= 0.6 is 0 Å². The van der Waals surface area contributed by atoms with Crippen molar-refractivity contribution in [1.29, 1.82) is 0 Å². The Morgan fingerprint density at radius 3 is 2.03 bits per heavy atom. The van der Waals surface area contributed by atoms with Gasteiger partial charge >= 0.3 is 5.97 Å². The first-order valence-electron chi connectivity index (χ1n) is 11.9. The van der Waals surface area contributed by atoms with Gasteiger partial charge in [0.2, 0.25) is 0 Å². The normalized spacial score (nSPS) is 13.1. The number of hydrogen-bond acceptors (Lipinski definition) is 3. The summed E-state index contributed by atoms with van der Waals surface area (Å²) in [4.78, 5) is 12.7. The highest BCUT2D eigenvalue weighted by Crippen LogP contribution is 2.27. The minimum absolute atomic E-state index is 0.143. The van der Waals surface area contributed by atoms with Crippen molar-refractivity contribution >= 4 is 5.97 Å². The molecule has 2 unspecified atom stereocenters.